The summed E-state index contributed by atoms with van der Waals surface area (Å²) in [6.45, 7) is 0. The third-order valence-corrected chi connectivity index (χ3v) is 6.41. The number of carboxylic acids is 1. The van der Waals surface area contributed by atoms with Crippen LogP contribution in [0.3, 0.4) is 0 Å². The fraction of sp³-hybridized carbons (Fsp3) is 0.250. The van der Waals surface area contributed by atoms with Crippen LogP contribution < -0.4 is 10.4 Å². The number of hydrogen-bond donors (Lipinski definition) is 3. The van der Waals surface area contributed by atoms with E-state index in [0.29, 0.717) is 21.5 Å². The van der Waals surface area contributed by atoms with E-state index in [2.05, 4.69) is 10.2 Å². The Morgan fingerprint density at radius 3 is 2.88 bits per heavy atom. The molecule has 4 N–H and O–H groups in total. The van der Waals surface area contributed by atoms with Crippen LogP contribution in [-0.4, -0.2) is 49.0 Å². The standard InChI is InChI=1S/C12H12BN3O5S3/c1-24(20)6-3-2-5-4-7(22-12-16-15-11(14)23-12)13(19)21-9(5)8(6)10(17)18/h2-3,7,19H,4H2,1H3,(H2,14,15)(H,17,18)/t7-,24?/m0/s1. The topological polar surface area (TPSA) is 136 Å². The largest absolute Gasteiger partial charge is 0.537 e. The number of nitrogens with zero attached hydrogens (tertiary/aromatic N) is 2. The molecule has 24 heavy (non-hydrogen) atoms. The maximum Gasteiger partial charge on any atom is 0.537 e. The third-order valence-electron chi connectivity index (χ3n) is 3.38. The Hall–Kier alpha value is -1.63. The van der Waals surface area contributed by atoms with Gasteiger partial charge in [0, 0.05) is 6.26 Å². The van der Waals surface area contributed by atoms with Crippen molar-refractivity contribution in [1.29, 1.82) is 0 Å². The van der Waals surface area contributed by atoms with Gasteiger partial charge < -0.3 is 20.5 Å². The lowest BCUT2D eigenvalue weighted by atomic mass is 9.77. The Bertz CT molecular complexity index is 830. The molecule has 1 aliphatic rings. The maximum absolute atomic E-state index is 11.7. The Morgan fingerprint density at radius 2 is 2.29 bits per heavy atom. The number of benzene rings is 1. The molecule has 0 saturated carbocycles. The second-order valence-electron chi connectivity index (χ2n) is 4.96. The van der Waals surface area contributed by atoms with Crippen LogP contribution in [0.1, 0.15) is 15.9 Å². The number of nitrogens with two attached hydrogens (primary N) is 1. The predicted octanol–water partition coefficient (Wildman–Crippen LogP) is 0.671. The molecule has 0 spiro atoms. The molecule has 2 heterocycles. The molecule has 12 heteroatoms. The van der Waals surface area contributed by atoms with E-state index < -0.39 is 23.9 Å². The fourth-order valence-corrected chi connectivity index (χ4v) is 5.03. The second-order valence-corrected chi connectivity index (χ2v) is 8.80. The summed E-state index contributed by atoms with van der Waals surface area (Å²) in [5, 5.41) is 27.2. The van der Waals surface area contributed by atoms with E-state index in [4.69, 9.17) is 10.4 Å². The van der Waals surface area contributed by atoms with Crippen molar-refractivity contribution in [3.05, 3.63) is 23.3 Å². The highest BCUT2D eigenvalue weighted by molar-refractivity contribution is 8.02. The number of fused-ring (bicyclic) bond motifs is 1. The number of aromatic carboxylic acids is 1. The smallest absolute Gasteiger partial charge is 0.535 e. The Labute approximate surface area is 148 Å². The Balaban J connectivity index is 1.94. The minimum Gasteiger partial charge on any atom is -0.535 e. The third kappa shape index (κ3) is 3.27. The zero-order valence-electron chi connectivity index (χ0n) is 12.3. The van der Waals surface area contributed by atoms with Crippen molar-refractivity contribution in [1.82, 2.24) is 10.2 Å². The number of thioether (sulfide) groups is 1. The first-order valence-corrected chi connectivity index (χ1v) is 9.95. The summed E-state index contributed by atoms with van der Waals surface area (Å²) in [5.41, 5.74) is 5.99. The zero-order chi connectivity index (χ0) is 17.4. The van der Waals surface area contributed by atoms with E-state index >= 15 is 0 Å². The van der Waals surface area contributed by atoms with Gasteiger partial charge in [0.2, 0.25) is 5.13 Å². The minimum absolute atomic E-state index is 0.0660. The molecular formula is C12H12BN3O5S3. The molecule has 1 aromatic heterocycles. The van der Waals surface area contributed by atoms with E-state index in [-0.39, 0.29) is 21.4 Å². The zero-order valence-corrected chi connectivity index (χ0v) is 14.8. The highest BCUT2D eigenvalue weighted by Gasteiger charge is 2.39. The van der Waals surface area contributed by atoms with Crippen LogP contribution in [0.5, 0.6) is 5.75 Å². The van der Waals surface area contributed by atoms with Crippen molar-refractivity contribution in [3.63, 3.8) is 0 Å². The molecule has 0 aliphatic carbocycles. The maximum atomic E-state index is 11.7. The van der Waals surface area contributed by atoms with E-state index in [1.54, 1.807) is 6.07 Å². The lowest BCUT2D eigenvalue weighted by Gasteiger charge is -2.28. The van der Waals surface area contributed by atoms with Crippen LogP contribution in [0, 0.1) is 0 Å². The van der Waals surface area contributed by atoms with Crippen LogP contribution in [0.2, 0.25) is 0 Å². The van der Waals surface area contributed by atoms with Crippen LogP contribution in [0.15, 0.2) is 21.4 Å². The van der Waals surface area contributed by atoms with E-state index in [0.717, 1.165) is 0 Å². The molecule has 1 aromatic carbocycles. The highest BCUT2D eigenvalue weighted by Crippen LogP contribution is 2.39. The Kier molecular flexibility index (Phi) is 4.81. The van der Waals surface area contributed by atoms with Crippen LogP contribution in [0.25, 0.3) is 0 Å². The molecule has 0 fully saturated rings. The summed E-state index contributed by atoms with van der Waals surface area (Å²) in [7, 11) is -2.72. The second kappa shape index (κ2) is 6.71. The van der Waals surface area contributed by atoms with Crippen molar-refractivity contribution in [3.8, 4) is 5.75 Å². The molecule has 0 amide bonds. The van der Waals surface area contributed by atoms with Gasteiger partial charge in [0.15, 0.2) is 4.34 Å². The number of hydrogen-bond acceptors (Lipinski definition) is 9. The van der Waals surface area contributed by atoms with Crippen LogP contribution >= 0.6 is 23.1 Å². The van der Waals surface area contributed by atoms with Gasteiger partial charge in [-0.15, -0.1) is 10.2 Å². The molecule has 1 unspecified atom stereocenters. The lowest BCUT2D eigenvalue weighted by molar-refractivity contribution is 0.0690. The average molecular weight is 385 g/mol. The lowest BCUT2D eigenvalue weighted by Crippen LogP contribution is -2.41. The van der Waals surface area contributed by atoms with Gasteiger partial charge in [-0.05, 0) is 18.1 Å². The van der Waals surface area contributed by atoms with E-state index in [9.17, 15) is 19.1 Å². The number of rotatable bonds is 4. The molecular weight excluding hydrogens is 373 g/mol. The molecule has 2 atom stereocenters. The molecule has 0 radical (unpaired) electrons. The number of aromatic nitrogens is 2. The molecule has 8 nitrogen and oxygen atoms in total. The summed E-state index contributed by atoms with van der Waals surface area (Å²) < 4.78 is 17.8. The molecule has 0 bridgehead atoms. The predicted molar refractivity (Wildman–Crippen MR) is 92.0 cm³/mol. The van der Waals surface area contributed by atoms with Gasteiger partial charge in [-0.25, -0.2) is 4.79 Å². The van der Waals surface area contributed by atoms with Crippen molar-refractivity contribution in [2.45, 2.75) is 20.8 Å². The van der Waals surface area contributed by atoms with Crippen molar-refractivity contribution in [2.75, 3.05) is 12.0 Å². The summed E-state index contributed by atoms with van der Waals surface area (Å²) in [4.78, 5) is 11.7. The summed E-state index contributed by atoms with van der Waals surface area (Å²) in [6, 6.07) is 3.19. The number of carboxylic acid groups (broad SMARTS) is 1. The molecule has 0 saturated heterocycles. The van der Waals surface area contributed by atoms with Crippen molar-refractivity contribution < 1.29 is 23.8 Å². The van der Waals surface area contributed by atoms with Crippen molar-refractivity contribution >= 4 is 52.1 Å². The van der Waals surface area contributed by atoms with Crippen LogP contribution in [-0.2, 0) is 17.2 Å². The number of anilines is 1. The molecule has 1 aliphatic heterocycles. The summed E-state index contributed by atoms with van der Waals surface area (Å²) in [6.07, 6.45) is 1.77. The SMILES string of the molecule is CS(=O)c1ccc2c(c1C(=O)O)OB(O)[C@@H](Sc1nnc(N)s1)C2. The molecule has 3 rings (SSSR count). The van der Waals surface area contributed by atoms with Gasteiger partial charge in [0.25, 0.3) is 0 Å². The Morgan fingerprint density at radius 1 is 1.54 bits per heavy atom. The van der Waals surface area contributed by atoms with E-state index in [1.165, 1.54) is 35.4 Å². The highest BCUT2D eigenvalue weighted by atomic mass is 32.2. The molecule has 126 valence electrons. The van der Waals surface area contributed by atoms with Gasteiger partial charge in [0.1, 0.15) is 11.3 Å². The van der Waals surface area contributed by atoms with Gasteiger partial charge >= 0.3 is 13.1 Å². The number of nitrogen functional groups attached to an aromatic ring is 1. The molecule has 2 aromatic rings. The number of carbonyl (C=O) groups is 1. The minimum atomic E-state index is -1.49. The van der Waals surface area contributed by atoms with Gasteiger partial charge in [-0.2, -0.15) is 0 Å². The first-order chi connectivity index (χ1) is 11.4. The first-order valence-electron chi connectivity index (χ1n) is 6.69. The van der Waals surface area contributed by atoms with Gasteiger partial charge in [-0.1, -0.05) is 29.2 Å². The normalized spacial score (nSPS) is 17.9. The van der Waals surface area contributed by atoms with Gasteiger partial charge in [0.05, 0.1) is 20.8 Å². The fourth-order valence-electron chi connectivity index (χ4n) is 2.36. The summed E-state index contributed by atoms with van der Waals surface area (Å²) >= 11 is 2.46. The first kappa shape index (κ1) is 17.2. The quantitative estimate of drug-likeness (QED) is 0.649. The monoisotopic (exact) mass is 385 g/mol. The van der Waals surface area contributed by atoms with E-state index in [1.807, 2.05) is 0 Å². The van der Waals surface area contributed by atoms with Gasteiger partial charge in [-0.3, -0.25) is 4.21 Å². The van der Waals surface area contributed by atoms with Crippen LogP contribution in [0.4, 0.5) is 5.13 Å². The summed E-state index contributed by atoms with van der Waals surface area (Å²) in [5.74, 6) is -1.18. The van der Waals surface area contributed by atoms with Crippen molar-refractivity contribution in [2.24, 2.45) is 0 Å². The average Bonchev–Trinajstić information content (AvgIpc) is 2.91.